The highest BCUT2D eigenvalue weighted by atomic mass is 32.2. The van der Waals surface area contributed by atoms with Crippen molar-refractivity contribution >= 4 is 39.6 Å². The first-order chi connectivity index (χ1) is 18.8. The van der Waals surface area contributed by atoms with Crippen LogP contribution in [0.4, 0.5) is 13.2 Å². The van der Waals surface area contributed by atoms with Crippen LogP contribution >= 0.6 is 11.8 Å². The first-order valence-corrected chi connectivity index (χ1v) is 13.2. The molecular formula is C30H22F3NO4S. The number of carbonyl (C=O) groups excluding carboxylic acids is 1. The zero-order chi connectivity index (χ0) is 27.4. The molecule has 0 unspecified atom stereocenters. The fraction of sp³-hybridized carbons (Fsp3) is 0.167. The number of ether oxygens (including phenoxy) is 1. The summed E-state index contributed by atoms with van der Waals surface area (Å²) in [5.41, 5.74) is 0.768. The van der Waals surface area contributed by atoms with Crippen molar-refractivity contribution in [1.29, 1.82) is 0 Å². The summed E-state index contributed by atoms with van der Waals surface area (Å²) in [6.07, 6.45) is -3.07. The van der Waals surface area contributed by atoms with Gasteiger partial charge in [0.2, 0.25) is 0 Å². The Morgan fingerprint density at radius 3 is 2.46 bits per heavy atom. The van der Waals surface area contributed by atoms with Crippen molar-refractivity contribution in [2.45, 2.75) is 23.9 Å². The second-order valence-electron chi connectivity index (χ2n) is 8.77. The number of para-hydroxylation sites is 2. The highest BCUT2D eigenvalue weighted by molar-refractivity contribution is 7.99. The van der Waals surface area contributed by atoms with Crippen molar-refractivity contribution in [2.75, 3.05) is 12.4 Å². The molecule has 2 aromatic heterocycles. The first kappa shape index (κ1) is 26.5. The van der Waals surface area contributed by atoms with E-state index >= 15 is 0 Å². The predicted molar refractivity (Wildman–Crippen MR) is 145 cm³/mol. The molecule has 5 aromatic rings. The molecule has 0 saturated heterocycles. The monoisotopic (exact) mass is 549 g/mol. The number of pyridine rings is 1. The molecule has 9 heteroatoms. The predicted octanol–water partition coefficient (Wildman–Crippen LogP) is 7.76. The molecule has 0 bridgehead atoms. The quantitative estimate of drug-likeness (QED) is 0.0853. The van der Waals surface area contributed by atoms with Crippen LogP contribution < -0.4 is 5.63 Å². The van der Waals surface area contributed by atoms with Gasteiger partial charge >= 0.3 is 17.8 Å². The van der Waals surface area contributed by atoms with Crippen LogP contribution in [0.15, 0.2) is 99.0 Å². The average molecular weight is 550 g/mol. The van der Waals surface area contributed by atoms with Gasteiger partial charge in [-0.25, -0.2) is 14.6 Å². The van der Waals surface area contributed by atoms with Gasteiger partial charge in [-0.15, -0.1) is 11.8 Å². The van der Waals surface area contributed by atoms with Gasteiger partial charge in [-0.3, -0.25) is 0 Å². The number of halogens is 3. The number of hydrogen-bond donors (Lipinski definition) is 0. The molecule has 198 valence electrons. The number of esters is 1. The Bertz CT molecular complexity index is 1700. The molecule has 39 heavy (non-hydrogen) atoms. The summed E-state index contributed by atoms with van der Waals surface area (Å²) in [5, 5.41) is 1.59. The molecule has 3 aromatic carbocycles. The highest BCUT2D eigenvalue weighted by Crippen LogP contribution is 2.34. The van der Waals surface area contributed by atoms with E-state index in [0.29, 0.717) is 28.6 Å². The lowest BCUT2D eigenvalue weighted by atomic mass is 10.1. The third-order valence-electron chi connectivity index (χ3n) is 6.08. The number of aromatic nitrogens is 1. The number of thioether (sulfide) groups is 1. The van der Waals surface area contributed by atoms with E-state index in [1.807, 2.05) is 30.3 Å². The van der Waals surface area contributed by atoms with Crippen molar-refractivity contribution in [3.63, 3.8) is 0 Å². The molecule has 5 nitrogen and oxygen atoms in total. The summed E-state index contributed by atoms with van der Waals surface area (Å²) in [7, 11) is 0. The van der Waals surface area contributed by atoms with Crippen molar-refractivity contribution < 1.29 is 27.1 Å². The van der Waals surface area contributed by atoms with Crippen LogP contribution in [0.25, 0.3) is 33.1 Å². The molecule has 0 aliphatic heterocycles. The summed E-state index contributed by atoms with van der Waals surface area (Å²) in [4.78, 5) is 30.1. The lowest BCUT2D eigenvalue weighted by Gasteiger charge is -2.11. The van der Waals surface area contributed by atoms with E-state index in [1.165, 1.54) is 18.2 Å². The molecule has 0 saturated carbocycles. The summed E-state index contributed by atoms with van der Waals surface area (Å²) >= 11 is 1.60. The zero-order valence-electron chi connectivity index (χ0n) is 20.5. The lowest BCUT2D eigenvalue weighted by Crippen LogP contribution is -2.17. The van der Waals surface area contributed by atoms with Crippen LogP contribution in [-0.2, 0) is 10.9 Å². The summed E-state index contributed by atoms with van der Waals surface area (Å²) in [6.45, 7) is 0.152. The molecule has 0 aliphatic rings. The third kappa shape index (κ3) is 6.15. The van der Waals surface area contributed by atoms with Gasteiger partial charge in [-0.1, -0.05) is 48.5 Å². The topological polar surface area (TPSA) is 69.4 Å². The van der Waals surface area contributed by atoms with Crippen LogP contribution in [0, 0.1) is 0 Å². The molecule has 0 radical (unpaired) electrons. The van der Waals surface area contributed by atoms with E-state index in [0.717, 1.165) is 40.1 Å². The minimum absolute atomic E-state index is 0.137. The minimum Gasteiger partial charge on any atom is -0.462 e. The highest BCUT2D eigenvalue weighted by Gasteiger charge is 2.30. The van der Waals surface area contributed by atoms with E-state index in [-0.39, 0.29) is 12.2 Å². The summed E-state index contributed by atoms with van der Waals surface area (Å²) in [5.74, 6) is -0.000636. The van der Waals surface area contributed by atoms with Crippen LogP contribution in [-0.4, -0.2) is 23.3 Å². The molecule has 0 fully saturated rings. The largest absolute Gasteiger partial charge is 0.462 e. The molecule has 2 heterocycles. The molecular weight excluding hydrogens is 527 g/mol. The SMILES string of the molecule is O=C(OCCCCSc1cc(-c2ccc(C(F)(F)F)cc2)nc2ccccc12)c1cc2ccccc2oc1=O. The van der Waals surface area contributed by atoms with Crippen molar-refractivity contribution in [3.05, 3.63) is 106 Å². The van der Waals surface area contributed by atoms with Crippen LogP contribution in [0.3, 0.4) is 0 Å². The van der Waals surface area contributed by atoms with E-state index in [2.05, 4.69) is 4.98 Å². The van der Waals surface area contributed by atoms with Gasteiger partial charge in [0.15, 0.2) is 0 Å². The number of benzene rings is 3. The Morgan fingerprint density at radius 1 is 0.923 bits per heavy atom. The number of nitrogens with zero attached hydrogens (tertiary/aromatic N) is 1. The number of unbranched alkanes of at least 4 members (excludes halogenated alkanes) is 1. The van der Waals surface area contributed by atoms with Crippen LogP contribution in [0.1, 0.15) is 28.8 Å². The number of carbonyl (C=O) groups is 1. The Hall–Kier alpha value is -4.11. The number of hydrogen-bond acceptors (Lipinski definition) is 6. The number of rotatable bonds is 8. The Labute approximate surface area is 225 Å². The maximum absolute atomic E-state index is 13.0. The van der Waals surface area contributed by atoms with Crippen molar-refractivity contribution in [2.24, 2.45) is 0 Å². The standard InChI is InChI=1S/C30H22F3NO4S/c31-30(32,33)21-13-11-19(12-14-21)25-18-27(22-8-2-3-9-24(22)34-25)39-16-6-5-15-37-28(35)23-17-20-7-1-4-10-26(20)38-29(23)36/h1-4,7-14,17-18H,5-6,15-16H2. The van der Waals surface area contributed by atoms with Gasteiger partial charge in [-0.05, 0) is 55.0 Å². The lowest BCUT2D eigenvalue weighted by molar-refractivity contribution is -0.137. The Morgan fingerprint density at radius 2 is 1.67 bits per heavy atom. The second-order valence-corrected chi connectivity index (χ2v) is 9.91. The van der Waals surface area contributed by atoms with Crippen molar-refractivity contribution in [3.8, 4) is 11.3 Å². The molecule has 0 atom stereocenters. The van der Waals surface area contributed by atoms with Gasteiger partial charge < -0.3 is 9.15 Å². The average Bonchev–Trinajstić information content (AvgIpc) is 2.93. The second kappa shape index (κ2) is 11.3. The fourth-order valence-electron chi connectivity index (χ4n) is 4.07. The molecule has 5 rings (SSSR count). The van der Waals surface area contributed by atoms with Crippen LogP contribution in [0.2, 0.25) is 0 Å². The third-order valence-corrected chi connectivity index (χ3v) is 7.22. The van der Waals surface area contributed by atoms with Gasteiger partial charge in [0.25, 0.3) is 0 Å². The molecule has 0 N–H and O–H groups in total. The maximum atomic E-state index is 13.0. The maximum Gasteiger partial charge on any atom is 0.416 e. The molecule has 0 aliphatic carbocycles. The number of fused-ring (bicyclic) bond motifs is 2. The first-order valence-electron chi connectivity index (χ1n) is 12.2. The van der Waals surface area contributed by atoms with E-state index in [4.69, 9.17) is 9.15 Å². The zero-order valence-corrected chi connectivity index (χ0v) is 21.4. The van der Waals surface area contributed by atoms with E-state index in [9.17, 15) is 22.8 Å². The molecule has 0 amide bonds. The van der Waals surface area contributed by atoms with E-state index in [1.54, 1.807) is 36.0 Å². The number of alkyl halides is 3. The summed E-state index contributed by atoms with van der Waals surface area (Å²) in [6, 6.07) is 22.9. The van der Waals surface area contributed by atoms with Crippen molar-refractivity contribution in [1.82, 2.24) is 4.98 Å². The minimum atomic E-state index is -4.40. The summed E-state index contributed by atoms with van der Waals surface area (Å²) < 4.78 is 49.4. The normalized spacial score (nSPS) is 11.7. The fourth-order valence-corrected chi connectivity index (χ4v) is 5.17. The van der Waals surface area contributed by atoms with Gasteiger partial charge in [0.05, 0.1) is 23.4 Å². The Kier molecular flexibility index (Phi) is 7.70. The van der Waals surface area contributed by atoms with Gasteiger partial charge in [-0.2, -0.15) is 13.2 Å². The molecule has 0 spiro atoms. The Balaban J connectivity index is 1.20. The smallest absolute Gasteiger partial charge is 0.416 e. The van der Waals surface area contributed by atoms with Crippen LogP contribution in [0.5, 0.6) is 0 Å². The van der Waals surface area contributed by atoms with E-state index < -0.39 is 23.3 Å². The van der Waals surface area contributed by atoms with Gasteiger partial charge in [0, 0.05) is 21.2 Å². The van der Waals surface area contributed by atoms with Gasteiger partial charge in [0.1, 0.15) is 11.1 Å².